The highest BCUT2D eigenvalue weighted by atomic mass is 15.3. The lowest BCUT2D eigenvalue weighted by molar-refractivity contribution is 0.308. The van der Waals surface area contributed by atoms with Gasteiger partial charge in [-0.25, -0.2) is 0 Å². The highest BCUT2D eigenvalue weighted by molar-refractivity contribution is 5.08. The standard InChI is InChI=1S/C12H21N3/c1-10(13)12-7-14-15(9-12)8-11-5-3-2-4-6-11/h7,9-11H,2-6,8,13H2,1H3/t10-/m0/s1. The van der Waals surface area contributed by atoms with E-state index < -0.39 is 0 Å². The van der Waals surface area contributed by atoms with Crippen LogP contribution >= 0.6 is 0 Å². The van der Waals surface area contributed by atoms with Crippen LogP contribution in [0.1, 0.15) is 50.6 Å². The second kappa shape index (κ2) is 4.79. The van der Waals surface area contributed by atoms with Crippen LogP contribution in [0.5, 0.6) is 0 Å². The molecule has 1 aliphatic carbocycles. The highest BCUT2D eigenvalue weighted by Crippen LogP contribution is 2.25. The maximum Gasteiger partial charge on any atom is 0.0537 e. The Kier molecular flexibility index (Phi) is 3.41. The molecule has 0 radical (unpaired) electrons. The molecule has 0 saturated heterocycles. The number of nitrogens with two attached hydrogens (primary N) is 1. The third-order valence-electron chi connectivity index (χ3n) is 3.35. The molecule has 2 N–H and O–H groups in total. The lowest BCUT2D eigenvalue weighted by atomic mass is 9.89. The molecule has 1 aromatic heterocycles. The van der Waals surface area contributed by atoms with Crippen LogP contribution in [0.15, 0.2) is 12.4 Å². The molecule has 84 valence electrons. The summed E-state index contributed by atoms with van der Waals surface area (Å²) in [6.45, 7) is 3.08. The van der Waals surface area contributed by atoms with E-state index in [9.17, 15) is 0 Å². The molecule has 1 aromatic rings. The molecule has 3 heteroatoms. The Labute approximate surface area is 91.7 Å². The first kappa shape index (κ1) is 10.7. The van der Waals surface area contributed by atoms with Gasteiger partial charge in [0.25, 0.3) is 0 Å². The summed E-state index contributed by atoms with van der Waals surface area (Å²) in [6.07, 6.45) is 10.9. The fourth-order valence-electron chi connectivity index (χ4n) is 2.35. The molecule has 15 heavy (non-hydrogen) atoms. The van der Waals surface area contributed by atoms with Gasteiger partial charge in [0.05, 0.1) is 6.20 Å². The minimum Gasteiger partial charge on any atom is -0.324 e. The molecule has 2 rings (SSSR count). The van der Waals surface area contributed by atoms with Crippen molar-refractivity contribution in [3.05, 3.63) is 18.0 Å². The van der Waals surface area contributed by atoms with Gasteiger partial charge in [-0.15, -0.1) is 0 Å². The van der Waals surface area contributed by atoms with Crippen LogP contribution in [0, 0.1) is 5.92 Å². The Bertz CT molecular complexity index is 298. The molecule has 1 heterocycles. The van der Waals surface area contributed by atoms with Crippen LogP contribution in [-0.2, 0) is 6.54 Å². The Morgan fingerprint density at radius 1 is 1.47 bits per heavy atom. The monoisotopic (exact) mass is 207 g/mol. The van der Waals surface area contributed by atoms with Crippen molar-refractivity contribution in [3.63, 3.8) is 0 Å². The van der Waals surface area contributed by atoms with Crippen molar-refractivity contribution >= 4 is 0 Å². The summed E-state index contributed by atoms with van der Waals surface area (Å²) >= 11 is 0. The minimum atomic E-state index is 0.102. The van der Waals surface area contributed by atoms with Gasteiger partial charge in [0.15, 0.2) is 0 Å². The van der Waals surface area contributed by atoms with E-state index >= 15 is 0 Å². The number of hydrogen-bond acceptors (Lipinski definition) is 2. The van der Waals surface area contributed by atoms with E-state index in [-0.39, 0.29) is 6.04 Å². The van der Waals surface area contributed by atoms with Gasteiger partial charge in [0, 0.05) is 24.3 Å². The predicted molar refractivity (Wildman–Crippen MR) is 61.4 cm³/mol. The van der Waals surface area contributed by atoms with Gasteiger partial charge >= 0.3 is 0 Å². The summed E-state index contributed by atoms with van der Waals surface area (Å²) in [5.74, 6) is 0.833. The van der Waals surface area contributed by atoms with E-state index in [0.717, 1.165) is 18.0 Å². The Morgan fingerprint density at radius 3 is 2.80 bits per heavy atom. The van der Waals surface area contributed by atoms with E-state index in [1.165, 1.54) is 32.1 Å². The summed E-state index contributed by atoms with van der Waals surface area (Å²) in [5.41, 5.74) is 6.95. The van der Waals surface area contributed by atoms with Crippen molar-refractivity contribution < 1.29 is 0 Å². The highest BCUT2D eigenvalue weighted by Gasteiger charge is 2.14. The van der Waals surface area contributed by atoms with E-state index in [2.05, 4.69) is 16.0 Å². The van der Waals surface area contributed by atoms with Crippen molar-refractivity contribution in [2.45, 2.75) is 51.6 Å². The second-order valence-corrected chi connectivity index (χ2v) is 4.79. The topological polar surface area (TPSA) is 43.8 Å². The number of nitrogens with zero attached hydrogens (tertiary/aromatic N) is 2. The third-order valence-corrected chi connectivity index (χ3v) is 3.35. The van der Waals surface area contributed by atoms with Crippen molar-refractivity contribution in [1.29, 1.82) is 0 Å². The summed E-state index contributed by atoms with van der Waals surface area (Å²) in [6, 6.07) is 0.102. The van der Waals surface area contributed by atoms with Gasteiger partial charge < -0.3 is 5.73 Å². The van der Waals surface area contributed by atoms with Gasteiger partial charge in [-0.05, 0) is 25.7 Å². The lowest BCUT2D eigenvalue weighted by Gasteiger charge is -2.21. The molecule has 0 spiro atoms. The van der Waals surface area contributed by atoms with E-state index in [0.29, 0.717) is 0 Å². The summed E-state index contributed by atoms with van der Waals surface area (Å²) in [5, 5.41) is 4.37. The van der Waals surface area contributed by atoms with Crippen LogP contribution in [0.3, 0.4) is 0 Å². The molecule has 0 aromatic carbocycles. The first-order chi connectivity index (χ1) is 7.25. The quantitative estimate of drug-likeness (QED) is 0.827. The molecule has 3 nitrogen and oxygen atoms in total. The number of rotatable bonds is 3. The zero-order valence-corrected chi connectivity index (χ0v) is 9.52. The maximum absolute atomic E-state index is 5.81. The number of aromatic nitrogens is 2. The normalized spacial score (nSPS) is 20.4. The third kappa shape index (κ3) is 2.81. The molecule has 0 aliphatic heterocycles. The zero-order valence-electron chi connectivity index (χ0n) is 9.52. The Hall–Kier alpha value is -0.830. The fraction of sp³-hybridized carbons (Fsp3) is 0.750. The summed E-state index contributed by atoms with van der Waals surface area (Å²) < 4.78 is 2.06. The summed E-state index contributed by atoms with van der Waals surface area (Å²) in [4.78, 5) is 0. The smallest absolute Gasteiger partial charge is 0.0537 e. The van der Waals surface area contributed by atoms with Gasteiger partial charge in [0.1, 0.15) is 0 Å². The molecule has 1 atom stereocenters. The molecule has 1 saturated carbocycles. The maximum atomic E-state index is 5.81. The van der Waals surface area contributed by atoms with E-state index in [1.807, 2.05) is 13.1 Å². The van der Waals surface area contributed by atoms with Gasteiger partial charge in [0.2, 0.25) is 0 Å². The molecule has 1 aliphatic rings. The van der Waals surface area contributed by atoms with E-state index in [4.69, 9.17) is 5.73 Å². The first-order valence-electron chi connectivity index (χ1n) is 6.03. The first-order valence-corrected chi connectivity index (χ1v) is 6.03. The van der Waals surface area contributed by atoms with Crippen molar-refractivity contribution in [3.8, 4) is 0 Å². The molecular formula is C12H21N3. The van der Waals surface area contributed by atoms with Crippen LogP contribution < -0.4 is 5.73 Å². The molecule has 1 fully saturated rings. The predicted octanol–water partition coefficient (Wildman–Crippen LogP) is 2.48. The van der Waals surface area contributed by atoms with Crippen LogP contribution in [0.25, 0.3) is 0 Å². The van der Waals surface area contributed by atoms with Gasteiger partial charge in [-0.3, -0.25) is 4.68 Å². The average Bonchev–Trinajstić information content (AvgIpc) is 2.68. The van der Waals surface area contributed by atoms with Crippen molar-refractivity contribution in [1.82, 2.24) is 9.78 Å². The van der Waals surface area contributed by atoms with E-state index in [1.54, 1.807) is 0 Å². The van der Waals surface area contributed by atoms with Crippen molar-refractivity contribution in [2.75, 3.05) is 0 Å². The molecule has 0 amide bonds. The molecular weight excluding hydrogens is 186 g/mol. The largest absolute Gasteiger partial charge is 0.324 e. The van der Waals surface area contributed by atoms with Crippen LogP contribution in [-0.4, -0.2) is 9.78 Å². The Morgan fingerprint density at radius 2 is 2.20 bits per heavy atom. The van der Waals surface area contributed by atoms with Crippen LogP contribution in [0.4, 0.5) is 0 Å². The number of hydrogen-bond donors (Lipinski definition) is 1. The van der Waals surface area contributed by atoms with Gasteiger partial charge in [-0.2, -0.15) is 5.10 Å². The lowest BCUT2D eigenvalue weighted by Crippen LogP contribution is -2.14. The SMILES string of the molecule is C[C@H](N)c1cnn(CC2CCCCC2)c1. The summed E-state index contributed by atoms with van der Waals surface area (Å²) in [7, 11) is 0. The Balaban J connectivity index is 1.91. The van der Waals surface area contributed by atoms with Gasteiger partial charge in [-0.1, -0.05) is 19.3 Å². The molecule has 0 unspecified atom stereocenters. The van der Waals surface area contributed by atoms with Crippen molar-refractivity contribution in [2.24, 2.45) is 11.7 Å². The molecule has 0 bridgehead atoms. The second-order valence-electron chi connectivity index (χ2n) is 4.79. The fourth-order valence-corrected chi connectivity index (χ4v) is 2.35. The minimum absolute atomic E-state index is 0.102. The average molecular weight is 207 g/mol. The van der Waals surface area contributed by atoms with Crippen LogP contribution in [0.2, 0.25) is 0 Å². The zero-order chi connectivity index (χ0) is 10.7.